The van der Waals surface area contributed by atoms with Gasteiger partial charge in [0.2, 0.25) is 15.8 Å². The van der Waals surface area contributed by atoms with Gasteiger partial charge in [-0.2, -0.15) is 4.98 Å². The SMILES string of the molecule is Cc1ccnc2nc(C(=O)NCc3ccccc3S(=O)(=O)N(C)C)nn12. The van der Waals surface area contributed by atoms with E-state index in [2.05, 4.69) is 20.4 Å². The zero-order chi connectivity index (χ0) is 18.9. The maximum atomic E-state index is 12.4. The Hall–Kier alpha value is -2.85. The zero-order valence-corrected chi connectivity index (χ0v) is 15.4. The lowest BCUT2D eigenvalue weighted by Gasteiger charge is -2.15. The Morgan fingerprint density at radius 1 is 1.23 bits per heavy atom. The van der Waals surface area contributed by atoms with Crippen LogP contribution in [0.3, 0.4) is 0 Å². The molecule has 0 fully saturated rings. The van der Waals surface area contributed by atoms with Crippen molar-refractivity contribution >= 4 is 21.7 Å². The minimum absolute atomic E-state index is 0.0280. The molecule has 1 aromatic carbocycles. The zero-order valence-electron chi connectivity index (χ0n) is 14.5. The molecule has 0 radical (unpaired) electrons. The standard InChI is InChI=1S/C16H18N6O3S/c1-11-8-9-17-16-19-14(20-22(11)16)15(23)18-10-12-6-4-5-7-13(12)26(24,25)21(2)3/h4-9H,10H2,1-3H3,(H,18,23). The third-order valence-corrected chi connectivity index (χ3v) is 5.72. The van der Waals surface area contributed by atoms with Gasteiger partial charge in [-0.05, 0) is 24.6 Å². The van der Waals surface area contributed by atoms with Crippen LogP contribution in [-0.4, -0.2) is 52.3 Å². The molecule has 0 spiro atoms. The van der Waals surface area contributed by atoms with Crippen molar-refractivity contribution < 1.29 is 13.2 Å². The molecular weight excluding hydrogens is 356 g/mol. The number of nitrogens with zero attached hydrogens (tertiary/aromatic N) is 5. The number of hydrogen-bond donors (Lipinski definition) is 1. The van der Waals surface area contributed by atoms with Crippen molar-refractivity contribution in [2.45, 2.75) is 18.4 Å². The predicted molar refractivity (Wildman–Crippen MR) is 94.0 cm³/mol. The fraction of sp³-hybridized carbons (Fsp3) is 0.250. The third kappa shape index (κ3) is 3.28. The van der Waals surface area contributed by atoms with Gasteiger partial charge in [-0.15, -0.1) is 5.10 Å². The molecule has 0 saturated carbocycles. The number of benzene rings is 1. The molecule has 2 aromatic heterocycles. The minimum atomic E-state index is -3.61. The van der Waals surface area contributed by atoms with Crippen molar-refractivity contribution in [3.8, 4) is 0 Å². The summed E-state index contributed by atoms with van der Waals surface area (Å²) in [6.45, 7) is 1.86. The molecule has 1 N–H and O–H groups in total. The summed E-state index contributed by atoms with van der Waals surface area (Å²) in [5.74, 6) is -0.211. The number of aromatic nitrogens is 4. The van der Waals surface area contributed by atoms with Crippen molar-refractivity contribution in [1.29, 1.82) is 0 Å². The molecule has 3 aromatic rings. The molecule has 2 heterocycles. The Balaban J connectivity index is 1.83. The first-order valence-corrected chi connectivity index (χ1v) is 9.21. The Labute approximate surface area is 150 Å². The largest absolute Gasteiger partial charge is 0.345 e. The predicted octanol–water partition coefficient (Wildman–Crippen LogP) is 0.613. The topological polar surface area (TPSA) is 110 Å². The van der Waals surface area contributed by atoms with E-state index >= 15 is 0 Å². The Morgan fingerprint density at radius 2 is 1.96 bits per heavy atom. The molecule has 136 valence electrons. The summed E-state index contributed by atoms with van der Waals surface area (Å²) in [4.78, 5) is 20.6. The van der Waals surface area contributed by atoms with Crippen LogP contribution in [0.2, 0.25) is 0 Å². The molecule has 1 amide bonds. The number of carbonyl (C=O) groups is 1. The van der Waals surface area contributed by atoms with Gasteiger partial charge in [0.1, 0.15) is 0 Å². The second-order valence-corrected chi connectivity index (χ2v) is 7.93. The molecule has 3 rings (SSSR count). The van der Waals surface area contributed by atoms with E-state index < -0.39 is 15.9 Å². The number of fused-ring (bicyclic) bond motifs is 1. The highest BCUT2D eigenvalue weighted by Gasteiger charge is 2.21. The number of carbonyl (C=O) groups excluding carboxylic acids is 1. The van der Waals surface area contributed by atoms with Gasteiger partial charge in [0.15, 0.2) is 0 Å². The highest BCUT2D eigenvalue weighted by molar-refractivity contribution is 7.89. The third-order valence-electron chi connectivity index (χ3n) is 3.80. The molecule has 0 bridgehead atoms. The van der Waals surface area contributed by atoms with Crippen LogP contribution in [-0.2, 0) is 16.6 Å². The van der Waals surface area contributed by atoms with E-state index in [0.717, 1.165) is 10.00 Å². The van der Waals surface area contributed by atoms with Gasteiger partial charge in [0.25, 0.3) is 11.7 Å². The van der Waals surface area contributed by atoms with Crippen LogP contribution in [0.15, 0.2) is 41.4 Å². The van der Waals surface area contributed by atoms with E-state index in [0.29, 0.717) is 11.3 Å². The quantitative estimate of drug-likeness (QED) is 0.701. The van der Waals surface area contributed by atoms with Crippen molar-refractivity contribution in [3.05, 3.63) is 53.6 Å². The van der Waals surface area contributed by atoms with E-state index in [1.807, 2.05) is 6.92 Å². The van der Waals surface area contributed by atoms with Gasteiger partial charge < -0.3 is 5.32 Å². The Bertz CT molecular complexity index is 1070. The maximum absolute atomic E-state index is 12.4. The van der Waals surface area contributed by atoms with E-state index in [4.69, 9.17) is 0 Å². The molecule has 0 atom stereocenters. The van der Waals surface area contributed by atoms with Crippen molar-refractivity contribution in [1.82, 2.24) is 29.2 Å². The van der Waals surface area contributed by atoms with Crippen LogP contribution < -0.4 is 5.32 Å². The molecule has 26 heavy (non-hydrogen) atoms. The summed E-state index contributed by atoms with van der Waals surface area (Å²) in [5, 5.41) is 6.79. The summed E-state index contributed by atoms with van der Waals surface area (Å²) in [6.07, 6.45) is 1.59. The summed E-state index contributed by atoms with van der Waals surface area (Å²) in [6, 6.07) is 8.27. The molecule has 0 aliphatic carbocycles. The second-order valence-electron chi connectivity index (χ2n) is 5.81. The molecule has 0 aliphatic heterocycles. The number of amides is 1. The highest BCUT2D eigenvalue weighted by atomic mass is 32.2. The summed E-state index contributed by atoms with van der Waals surface area (Å²) >= 11 is 0. The first kappa shape index (κ1) is 18.0. The average molecular weight is 374 g/mol. The molecule has 0 unspecified atom stereocenters. The van der Waals surface area contributed by atoms with Gasteiger partial charge >= 0.3 is 0 Å². The average Bonchev–Trinajstić information content (AvgIpc) is 3.05. The van der Waals surface area contributed by atoms with E-state index in [9.17, 15) is 13.2 Å². The van der Waals surface area contributed by atoms with Gasteiger partial charge in [-0.1, -0.05) is 18.2 Å². The normalized spacial score (nSPS) is 11.8. The fourth-order valence-corrected chi connectivity index (χ4v) is 3.47. The molecular formula is C16H18N6O3S. The van der Waals surface area contributed by atoms with Gasteiger partial charge in [-0.25, -0.2) is 22.2 Å². The maximum Gasteiger partial charge on any atom is 0.291 e. The van der Waals surface area contributed by atoms with E-state index in [-0.39, 0.29) is 17.3 Å². The molecule has 0 saturated heterocycles. The van der Waals surface area contributed by atoms with Crippen molar-refractivity contribution in [2.75, 3.05) is 14.1 Å². The smallest absolute Gasteiger partial charge is 0.291 e. The summed E-state index contributed by atoms with van der Waals surface area (Å²) in [5.41, 5.74) is 1.27. The Morgan fingerprint density at radius 3 is 2.65 bits per heavy atom. The van der Waals surface area contributed by atoms with E-state index in [1.54, 1.807) is 30.5 Å². The van der Waals surface area contributed by atoms with Gasteiger partial charge in [0, 0.05) is 32.5 Å². The monoisotopic (exact) mass is 374 g/mol. The summed E-state index contributed by atoms with van der Waals surface area (Å²) in [7, 11) is -0.692. The van der Waals surface area contributed by atoms with Crippen LogP contribution >= 0.6 is 0 Å². The van der Waals surface area contributed by atoms with Crippen LogP contribution in [0.4, 0.5) is 0 Å². The Kier molecular flexibility index (Phi) is 4.70. The number of sulfonamides is 1. The first-order valence-electron chi connectivity index (χ1n) is 7.77. The molecule has 0 aliphatic rings. The highest BCUT2D eigenvalue weighted by Crippen LogP contribution is 2.18. The van der Waals surface area contributed by atoms with Crippen molar-refractivity contribution in [2.24, 2.45) is 0 Å². The number of hydrogen-bond acceptors (Lipinski definition) is 6. The lowest BCUT2D eigenvalue weighted by molar-refractivity contribution is 0.0940. The van der Waals surface area contributed by atoms with E-state index in [1.165, 1.54) is 24.7 Å². The minimum Gasteiger partial charge on any atom is -0.345 e. The van der Waals surface area contributed by atoms with Gasteiger partial charge in [-0.3, -0.25) is 4.79 Å². The lowest BCUT2D eigenvalue weighted by atomic mass is 10.2. The number of rotatable bonds is 5. The van der Waals surface area contributed by atoms with Crippen molar-refractivity contribution in [3.63, 3.8) is 0 Å². The number of aryl methyl sites for hydroxylation is 1. The number of nitrogens with one attached hydrogen (secondary N) is 1. The van der Waals surface area contributed by atoms with Crippen LogP contribution in [0.5, 0.6) is 0 Å². The van der Waals surface area contributed by atoms with Crippen LogP contribution in [0.1, 0.15) is 21.9 Å². The lowest BCUT2D eigenvalue weighted by Crippen LogP contribution is -2.27. The van der Waals surface area contributed by atoms with Crippen LogP contribution in [0, 0.1) is 6.92 Å². The molecule has 10 heteroatoms. The molecule has 9 nitrogen and oxygen atoms in total. The fourth-order valence-electron chi connectivity index (χ4n) is 2.36. The first-order chi connectivity index (χ1) is 12.3. The summed E-state index contributed by atoms with van der Waals surface area (Å²) < 4.78 is 27.4. The second kappa shape index (κ2) is 6.81. The van der Waals surface area contributed by atoms with Crippen LogP contribution in [0.25, 0.3) is 5.78 Å². The van der Waals surface area contributed by atoms with Gasteiger partial charge in [0.05, 0.1) is 4.90 Å².